The molecule has 4 rings (SSSR count). The number of benzene rings is 1. The Hall–Kier alpha value is -2.34. The average molecular weight is 355 g/mol. The number of pyridine rings is 1. The summed E-state index contributed by atoms with van der Waals surface area (Å²) in [6, 6.07) is 12.4. The monoisotopic (exact) mass is 355 g/mol. The number of hydrogen-bond acceptors (Lipinski definition) is 4. The summed E-state index contributed by atoms with van der Waals surface area (Å²) in [5.41, 5.74) is 7.69. The Balaban J connectivity index is 1.98. The molecule has 0 spiro atoms. The van der Waals surface area contributed by atoms with Crippen LogP contribution in [0.15, 0.2) is 58.5 Å². The molecule has 0 amide bonds. The predicted molar refractivity (Wildman–Crippen MR) is 98.2 cm³/mol. The number of rotatable bonds is 3. The van der Waals surface area contributed by atoms with Crippen molar-refractivity contribution >= 4 is 26.7 Å². The Bertz CT molecular complexity index is 1000. The first-order chi connectivity index (χ1) is 12.1. The average Bonchev–Trinajstić information content (AvgIpc) is 2.95. The molecule has 0 atom stereocenters. The molecular weight excluding hydrogens is 334 g/mol. The third kappa shape index (κ3) is 2.61. The van der Waals surface area contributed by atoms with E-state index in [1.165, 1.54) is 6.42 Å². The van der Waals surface area contributed by atoms with Gasteiger partial charge in [0.2, 0.25) is 9.84 Å². The van der Waals surface area contributed by atoms with Gasteiger partial charge in [0.25, 0.3) is 0 Å². The summed E-state index contributed by atoms with van der Waals surface area (Å²) in [6.07, 6.45) is 7.18. The van der Waals surface area contributed by atoms with Crippen LogP contribution >= 0.6 is 0 Å². The number of sulfone groups is 1. The van der Waals surface area contributed by atoms with Crippen LogP contribution in [0.2, 0.25) is 0 Å². The zero-order valence-electron chi connectivity index (χ0n) is 13.9. The van der Waals surface area contributed by atoms with Crippen LogP contribution in [0.3, 0.4) is 0 Å². The van der Waals surface area contributed by atoms with Crippen LogP contribution < -0.4 is 5.73 Å². The lowest BCUT2D eigenvalue weighted by atomic mass is 9.95. The first kappa shape index (κ1) is 16.1. The fourth-order valence-electron chi connectivity index (χ4n) is 3.84. The Labute approximate surface area is 147 Å². The largest absolute Gasteiger partial charge is 0.384 e. The lowest BCUT2D eigenvalue weighted by Gasteiger charge is -2.25. The Morgan fingerprint density at radius 2 is 1.72 bits per heavy atom. The van der Waals surface area contributed by atoms with Crippen molar-refractivity contribution in [3.8, 4) is 0 Å². The van der Waals surface area contributed by atoms with Crippen molar-refractivity contribution in [2.45, 2.75) is 47.9 Å². The fourth-order valence-corrected chi connectivity index (χ4v) is 5.38. The topological polar surface area (TPSA) is 78.0 Å². The van der Waals surface area contributed by atoms with Gasteiger partial charge in [-0.25, -0.2) is 8.42 Å². The second-order valence-corrected chi connectivity index (χ2v) is 8.45. The highest BCUT2D eigenvalue weighted by Gasteiger charge is 2.31. The van der Waals surface area contributed by atoms with Crippen molar-refractivity contribution in [3.05, 3.63) is 48.7 Å². The lowest BCUT2D eigenvalue weighted by Crippen LogP contribution is -2.15. The maximum absolute atomic E-state index is 13.2. The molecule has 1 aliphatic rings. The molecule has 25 heavy (non-hydrogen) atoms. The van der Waals surface area contributed by atoms with Gasteiger partial charge in [-0.1, -0.05) is 37.5 Å². The number of nitrogens with zero attached hydrogens (tertiary/aromatic N) is 2. The molecule has 130 valence electrons. The maximum atomic E-state index is 13.2. The van der Waals surface area contributed by atoms with Gasteiger partial charge >= 0.3 is 0 Å². The van der Waals surface area contributed by atoms with E-state index < -0.39 is 9.84 Å². The molecule has 1 saturated carbocycles. The van der Waals surface area contributed by atoms with Crippen LogP contribution in [0.4, 0.5) is 5.82 Å². The number of anilines is 1. The summed E-state index contributed by atoms with van der Waals surface area (Å²) >= 11 is 0. The van der Waals surface area contributed by atoms with E-state index in [1.54, 1.807) is 36.5 Å². The van der Waals surface area contributed by atoms with E-state index in [2.05, 4.69) is 4.98 Å². The minimum absolute atomic E-state index is 0.139. The van der Waals surface area contributed by atoms with Crippen LogP contribution in [0.1, 0.15) is 38.1 Å². The molecule has 0 radical (unpaired) electrons. The van der Waals surface area contributed by atoms with Crippen LogP contribution in [-0.4, -0.2) is 18.0 Å². The highest BCUT2D eigenvalue weighted by atomic mass is 32.2. The minimum atomic E-state index is -3.72. The van der Waals surface area contributed by atoms with Crippen molar-refractivity contribution in [1.82, 2.24) is 9.55 Å². The molecule has 2 heterocycles. The summed E-state index contributed by atoms with van der Waals surface area (Å²) < 4.78 is 28.5. The van der Waals surface area contributed by atoms with E-state index in [9.17, 15) is 8.42 Å². The normalized spacial score (nSPS) is 16.3. The van der Waals surface area contributed by atoms with Crippen molar-refractivity contribution in [2.24, 2.45) is 0 Å². The molecule has 1 aromatic carbocycles. The summed E-state index contributed by atoms with van der Waals surface area (Å²) in [7, 11) is -3.72. The van der Waals surface area contributed by atoms with Gasteiger partial charge in [-0.2, -0.15) is 0 Å². The number of hydrogen-bond donors (Lipinski definition) is 1. The Morgan fingerprint density at radius 1 is 1.00 bits per heavy atom. The van der Waals surface area contributed by atoms with Crippen molar-refractivity contribution < 1.29 is 8.42 Å². The van der Waals surface area contributed by atoms with Crippen LogP contribution in [0, 0.1) is 0 Å². The van der Waals surface area contributed by atoms with Gasteiger partial charge in [0.05, 0.1) is 10.4 Å². The zero-order valence-corrected chi connectivity index (χ0v) is 14.7. The molecule has 2 N–H and O–H groups in total. The Kier molecular flexibility index (Phi) is 4.00. The molecule has 1 aliphatic carbocycles. The molecule has 0 aliphatic heterocycles. The van der Waals surface area contributed by atoms with E-state index in [0.717, 1.165) is 31.2 Å². The zero-order chi connectivity index (χ0) is 17.4. The van der Waals surface area contributed by atoms with Crippen molar-refractivity contribution in [1.29, 1.82) is 0 Å². The number of fused-ring (bicyclic) bond motifs is 1. The van der Waals surface area contributed by atoms with Gasteiger partial charge in [-0.3, -0.25) is 4.98 Å². The molecule has 0 unspecified atom stereocenters. The first-order valence-corrected chi connectivity index (χ1v) is 10.1. The fraction of sp³-hybridized carbons (Fsp3) is 0.316. The molecule has 6 heteroatoms. The van der Waals surface area contributed by atoms with Crippen LogP contribution in [-0.2, 0) is 9.84 Å². The number of nitrogen functional groups attached to an aromatic ring is 1. The summed E-state index contributed by atoms with van der Waals surface area (Å²) in [5, 5.41) is 0. The predicted octanol–water partition coefficient (Wildman–Crippen LogP) is 3.96. The maximum Gasteiger partial charge on any atom is 0.212 e. The number of nitrogens with two attached hydrogens (primary N) is 1. The van der Waals surface area contributed by atoms with E-state index in [4.69, 9.17) is 5.73 Å². The first-order valence-electron chi connectivity index (χ1n) is 8.65. The van der Waals surface area contributed by atoms with Gasteiger partial charge in [-0.15, -0.1) is 0 Å². The van der Waals surface area contributed by atoms with Gasteiger partial charge in [0.15, 0.2) is 0 Å². The van der Waals surface area contributed by atoms with E-state index in [1.807, 2.05) is 16.7 Å². The van der Waals surface area contributed by atoms with Crippen molar-refractivity contribution in [3.63, 3.8) is 0 Å². The third-order valence-corrected chi connectivity index (χ3v) is 6.85. The number of aromatic nitrogens is 2. The SMILES string of the molecule is Nc1c(S(=O)(=O)c2ccccc2)c2ncccc2n1C1CCCCC1. The summed E-state index contributed by atoms with van der Waals surface area (Å²) in [6.45, 7) is 0. The second-order valence-electron chi connectivity index (χ2n) is 6.56. The van der Waals surface area contributed by atoms with Gasteiger partial charge < -0.3 is 10.3 Å². The summed E-state index contributed by atoms with van der Waals surface area (Å²) in [4.78, 5) is 4.75. The van der Waals surface area contributed by atoms with Crippen molar-refractivity contribution in [2.75, 3.05) is 5.73 Å². The standard InChI is InChI=1S/C19H21N3O2S/c20-19-18(25(23,24)15-10-5-2-6-11-15)17-16(12-7-13-21-17)22(19)14-8-3-1-4-9-14/h2,5-7,10-14H,1,3-4,8-9,20H2. The molecule has 1 fully saturated rings. The molecule has 5 nitrogen and oxygen atoms in total. The van der Waals surface area contributed by atoms with E-state index in [-0.39, 0.29) is 15.8 Å². The van der Waals surface area contributed by atoms with Gasteiger partial charge in [0.1, 0.15) is 16.2 Å². The molecule has 0 bridgehead atoms. The molecular formula is C19H21N3O2S. The minimum Gasteiger partial charge on any atom is -0.384 e. The van der Waals surface area contributed by atoms with E-state index in [0.29, 0.717) is 11.3 Å². The van der Waals surface area contributed by atoms with E-state index >= 15 is 0 Å². The molecule has 0 saturated heterocycles. The summed E-state index contributed by atoms with van der Waals surface area (Å²) in [5.74, 6) is 0.310. The van der Waals surface area contributed by atoms with Gasteiger partial charge in [0, 0.05) is 12.2 Å². The quantitative estimate of drug-likeness (QED) is 0.771. The smallest absolute Gasteiger partial charge is 0.212 e. The van der Waals surface area contributed by atoms with Crippen LogP contribution in [0.25, 0.3) is 11.0 Å². The highest BCUT2D eigenvalue weighted by Crippen LogP contribution is 2.40. The second kappa shape index (κ2) is 6.19. The third-order valence-electron chi connectivity index (χ3n) is 5.02. The van der Waals surface area contributed by atoms with Crippen LogP contribution in [0.5, 0.6) is 0 Å². The highest BCUT2D eigenvalue weighted by molar-refractivity contribution is 7.92. The lowest BCUT2D eigenvalue weighted by molar-refractivity contribution is 0.363. The Morgan fingerprint density at radius 3 is 2.44 bits per heavy atom. The molecule has 3 aromatic rings. The molecule has 2 aromatic heterocycles. The van der Waals surface area contributed by atoms with Gasteiger partial charge in [-0.05, 0) is 37.1 Å².